The van der Waals surface area contributed by atoms with Crippen LogP contribution in [0.25, 0.3) is 10.2 Å². The maximum Gasteiger partial charge on any atom is 0.278 e. The van der Waals surface area contributed by atoms with Crippen LogP contribution in [0.1, 0.15) is 16.2 Å². The molecule has 0 saturated carbocycles. The van der Waals surface area contributed by atoms with E-state index in [1.807, 2.05) is 19.0 Å². The molecular weight excluding hydrogens is 360 g/mol. The third-order valence-corrected chi connectivity index (χ3v) is 4.90. The molecule has 3 rings (SSSR count). The standard InChI is InChI=1S/C17H19F2N5OS/c1-10-7-13(23(4)21-10)16(25)24(6-5-22(2)3)17-20-15-12(19)8-11(18)9-14(15)26-17/h7-9H,5-6H2,1-4H3. The fourth-order valence-electron chi connectivity index (χ4n) is 2.59. The zero-order chi connectivity index (χ0) is 19.0. The van der Waals surface area contributed by atoms with Crippen LogP contribution in [0.5, 0.6) is 0 Å². The number of likely N-dealkylation sites (N-methyl/N-ethyl adjacent to an activating group) is 1. The molecule has 2 aromatic heterocycles. The van der Waals surface area contributed by atoms with Crippen LogP contribution in [0.15, 0.2) is 18.2 Å². The molecule has 0 radical (unpaired) electrons. The first-order chi connectivity index (χ1) is 12.3. The normalized spacial score (nSPS) is 11.5. The number of carbonyl (C=O) groups is 1. The number of halogens is 2. The van der Waals surface area contributed by atoms with Crippen molar-refractivity contribution < 1.29 is 13.6 Å². The molecule has 6 nitrogen and oxygen atoms in total. The van der Waals surface area contributed by atoms with Crippen molar-refractivity contribution in [3.05, 3.63) is 41.2 Å². The van der Waals surface area contributed by atoms with Gasteiger partial charge in [-0.15, -0.1) is 0 Å². The van der Waals surface area contributed by atoms with Crippen LogP contribution in [0, 0.1) is 18.6 Å². The molecule has 138 valence electrons. The second kappa shape index (κ2) is 7.08. The van der Waals surface area contributed by atoms with Crippen molar-refractivity contribution in [1.82, 2.24) is 19.7 Å². The van der Waals surface area contributed by atoms with Crippen LogP contribution in [0.3, 0.4) is 0 Å². The number of hydrogen-bond donors (Lipinski definition) is 0. The molecule has 0 aliphatic rings. The minimum atomic E-state index is -0.737. The van der Waals surface area contributed by atoms with E-state index in [0.717, 1.165) is 23.1 Å². The van der Waals surface area contributed by atoms with Crippen molar-refractivity contribution in [3.8, 4) is 0 Å². The first kappa shape index (κ1) is 18.4. The Balaban J connectivity index is 2.04. The quantitative estimate of drug-likeness (QED) is 0.684. The molecule has 0 aliphatic carbocycles. The number of fused-ring (bicyclic) bond motifs is 1. The van der Waals surface area contributed by atoms with E-state index in [1.165, 1.54) is 15.6 Å². The van der Waals surface area contributed by atoms with Crippen molar-refractivity contribution >= 4 is 32.6 Å². The Kier molecular flexibility index (Phi) is 5.01. The van der Waals surface area contributed by atoms with Crippen molar-refractivity contribution in [3.63, 3.8) is 0 Å². The van der Waals surface area contributed by atoms with Gasteiger partial charge in [0.1, 0.15) is 17.0 Å². The molecule has 0 aliphatic heterocycles. The van der Waals surface area contributed by atoms with Crippen molar-refractivity contribution in [1.29, 1.82) is 0 Å². The van der Waals surface area contributed by atoms with E-state index in [1.54, 1.807) is 20.0 Å². The maximum absolute atomic E-state index is 14.0. The number of benzene rings is 1. The number of aromatic nitrogens is 3. The maximum atomic E-state index is 14.0. The number of carbonyl (C=O) groups excluding carboxylic acids is 1. The summed E-state index contributed by atoms with van der Waals surface area (Å²) >= 11 is 1.09. The smallest absolute Gasteiger partial charge is 0.278 e. The Hall–Kier alpha value is -2.39. The lowest BCUT2D eigenvalue weighted by molar-refractivity contribution is 0.0976. The molecule has 0 saturated heterocycles. The van der Waals surface area contributed by atoms with Gasteiger partial charge in [-0.1, -0.05) is 11.3 Å². The fraction of sp³-hybridized carbons (Fsp3) is 0.353. The Bertz CT molecular complexity index is 966. The molecule has 9 heteroatoms. The van der Waals surface area contributed by atoms with Crippen LogP contribution in [-0.4, -0.2) is 52.8 Å². The summed E-state index contributed by atoms with van der Waals surface area (Å²) in [6.45, 7) is 2.76. The van der Waals surface area contributed by atoms with Crippen molar-refractivity contribution in [2.75, 3.05) is 32.1 Å². The second-order valence-electron chi connectivity index (χ2n) is 6.29. The summed E-state index contributed by atoms with van der Waals surface area (Å²) in [6.07, 6.45) is 0. The van der Waals surface area contributed by atoms with Crippen molar-refractivity contribution in [2.24, 2.45) is 7.05 Å². The topological polar surface area (TPSA) is 54.3 Å². The van der Waals surface area contributed by atoms with Gasteiger partial charge in [0, 0.05) is 26.2 Å². The molecule has 0 spiro atoms. The fourth-order valence-corrected chi connectivity index (χ4v) is 3.62. The average molecular weight is 379 g/mol. The number of thiazole rings is 1. The summed E-state index contributed by atoms with van der Waals surface area (Å²) in [5.74, 6) is -1.69. The van der Waals surface area contributed by atoms with Gasteiger partial charge in [0.15, 0.2) is 10.9 Å². The number of anilines is 1. The third kappa shape index (κ3) is 3.58. The molecule has 0 bridgehead atoms. The van der Waals surface area contributed by atoms with Gasteiger partial charge >= 0.3 is 0 Å². The highest BCUT2D eigenvalue weighted by molar-refractivity contribution is 7.22. The number of amides is 1. The van der Waals surface area contributed by atoms with E-state index < -0.39 is 11.6 Å². The molecule has 1 amide bonds. The van der Waals surface area contributed by atoms with Gasteiger partial charge < -0.3 is 4.90 Å². The van der Waals surface area contributed by atoms with Gasteiger partial charge in [0.25, 0.3) is 5.91 Å². The Labute approximate surface area is 153 Å². The Morgan fingerprint density at radius 1 is 1.23 bits per heavy atom. The zero-order valence-corrected chi connectivity index (χ0v) is 15.8. The van der Waals surface area contributed by atoms with Gasteiger partial charge in [-0.05, 0) is 33.2 Å². The first-order valence-corrected chi connectivity index (χ1v) is 8.80. The molecule has 2 heterocycles. The largest absolute Gasteiger partial charge is 0.308 e. The zero-order valence-electron chi connectivity index (χ0n) is 15.0. The second-order valence-corrected chi connectivity index (χ2v) is 7.29. The van der Waals surface area contributed by atoms with Gasteiger partial charge in [-0.3, -0.25) is 14.4 Å². The first-order valence-electron chi connectivity index (χ1n) is 7.99. The highest BCUT2D eigenvalue weighted by Crippen LogP contribution is 2.31. The predicted molar refractivity (Wildman–Crippen MR) is 97.7 cm³/mol. The minimum Gasteiger partial charge on any atom is -0.308 e. The number of hydrogen-bond acceptors (Lipinski definition) is 5. The summed E-state index contributed by atoms with van der Waals surface area (Å²) < 4.78 is 29.4. The number of aryl methyl sites for hydroxylation is 2. The van der Waals surface area contributed by atoms with Gasteiger partial charge in [-0.2, -0.15) is 5.10 Å². The molecule has 26 heavy (non-hydrogen) atoms. The van der Waals surface area contributed by atoms with Crippen LogP contribution in [0.2, 0.25) is 0 Å². The van der Waals surface area contributed by atoms with E-state index in [2.05, 4.69) is 10.1 Å². The summed E-state index contributed by atoms with van der Waals surface area (Å²) in [5, 5.41) is 4.53. The monoisotopic (exact) mass is 379 g/mol. The minimum absolute atomic E-state index is 0.0650. The number of rotatable bonds is 5. The SMILES string of the molecule is Cc1cc(C(=O)N(CCN(C)C)c2nc3c(F)cc(F)cc3s2)n(C)n1. The lowest BCUT2D eigenvalue weighted by atomic mass is 10.3. The molecule has 1 aromatic carbocycles. The lowest BCUT2D eigenvalue weighted by Crippen LogP contribution is -2.37. The van der Waals surface area contributed by atoms with E-state index >= 15 is 0 Å². The van der Waals surface area contributed by atoms with Gasteiger partial charge in [0.2, 0.25) is 0 Å². The van der Waals surface area contributed by atoms with E-state index in [9.17, 15) is 13.6 Å². The lowest BCUT2D eigenvalue weighted by Gasteiger charge is -2.21. The summed E-state index contributed by atoms with van der Waals surface area (Å²) in [7, 11) is 5.48. The van der Waals surface area contributed by atoms with E-state index in [0.29, 0.717) is 28.6 Å². The highest BCUT2D eigenvalue weighted by atomic mass is 32.1. The molecule has 0 unspecified atom stereocenters. The molecule has 0 fully saturated rings. The van der Waals surface area contributed by atoms with Crippen LogP contribution in [-0.2, 0) is 7.05 Å². The molecular formula is C17H19F2N5OS. The predicted octanol–water partition coefficient (Wildman–Crippen LogP) is 2.82. The highest BCUT2D eigenvalue weighted by Gasteiger charge is 2.25. The summed E-state index contributed by atoms with van der Waals surface area (Å²) in [6, 6.07) is 3.71. The van der Waals surface area contributed by atoms with Crippen LogP contribution < -0.4 is 4.90 Å². The summed E-state index contributed by atoms with van der Waals surface area (Å²) in [4.78, 5) is 20.7. The van der Waals surface area contributed by atoms with Gasteiger partial charge in [-0.25, -0.2) is 13.8 Å². The van der Waals surface area contributed by atoms with E-state index in [4.69, 9.17) is 0 Å². The molecule has 0 N–H and O–H groups in total. The van der Waals surface area contributed by atoms with Crippen LogP contribution >= 0.6 is 11.3 Å². The van der Waals surface area contributed by atoms with Crippen LogP contribution in [0.4, 0.5) is 13.9 Å². The van der Waals surface area contributed by atoms with Crippen molar-refractivity contribution in [2.45, 2.75) is 6.92 Å². The van der Waals surface area contributed by atoms with E-state index in [-0.39, 0.29) is 11.4 Å². The molecule has 3 aromatic rings. The Morgan fingerprint density at radius 2 is 1.96 bits per heavy atom. The number of nitrogens with zero attached hydrogens (tertiary/aromatic N) is 5. The summed E-state index contributed by atoms with van der Waals surface area (Å²) in [5.41, 5.74) is 1.20. The Morgan fingerprint density at radius 3 is 2.58 bits per heavy atom. The third-order valence-electron chi connectivity index (χ3n) is 3.87. The average Bonchev–Trinajstić information content (AvgIpc) is 3.10. The molecule has 0 atom stereocenters. The van der Waals surface area contributed by atoms with Gasteiger partial charge in [0.05, 0.1) is 10.4 Å².